The number of likely N-dealkylation sites (tertiary alicyclic amines) is 1. The van der Waals surface area contributed by atoms with Crippen LogP contribution in [-0.2, 0) is 17.6 Å². The SMILES string of the molecule is CCCCOC(=O)N1CCC2(CCc3c(sc4nc(C(=O)O)[nH]c(=O)c34)C2)CC1. The fourth-order valence-electron chi connectivity index (χ4n) is 4.42. The van der Waals surface area contributed by atoms with Gasteiger partial charge in [-0.05, 0) is 49.5 Å². The summed E-state index contributed by atoms with van der Waals surface area (Å²) in [6, 6.07) is 0. The number of hydrogen-bond acceptors (Lipinski definition) is 6. The zero-order chi connectivity index (χ0) is 20.6. The highest BCUT2D eigenvalue weighted by Crippen LogP contribution is 2.47. The van der Waals surface area contributed by atoms with E-state index in [1.54, 1.807) is 4.90 Å². The van der Waals surface area contributed by atoms with Crippen molar-refractivity contribution in [2.24, 2.45) is 5.41 Å². The lowest BCUT2D eigenvalue weighted by molar-refractivity contribution is 0.0594. The number of nitrogens with zero attached hydrogens (tertiary/aromatic N) is 2. The summed E-state index contributed by atoms with van der Waals surface area (Å²) >= 11 is 1.43. The number of amides is 1. The predicted molar refractivity (Wildman–Crippen MR) is 109 cm³/mol. The Labute approximate surface area is 171 Å². The van der Waals surface area contributed by atoms with Crippen LogP contribution in [-0.4, -0.2) is 51.7 Å². The first-order valence-electron chi connectivity index (χ1n) is 10.1. The second-order valence-corrected chi connectivity index (χ2v) is 9.12. The maximum Gasteiger partial charge on any atom is 0.409 e. The number of carboxylic acid groups (broad SMARTS) is 1. The third-order valence-corrected chi connectivity index (χ3v) is 7.32. The number of piperidine rings is 1. The minimum absolute atomic E-state index is 0.121. The summed E-state index contributed by atoms with van der Waals surface area (Å²) in [6.45, 7) is 3.91. The summed E-state index contributed by atoms with van der Waals surface area (Å²) in [6.07, 6.45) is 6.08. The van der Waals surface area contributed by atoms with Crippen LogP contribution < -0.4 is 5.56 Å². The maximum absolute atomic E-state index is 12.4. The predicted octanol–water partition coefficient (Wildman–Crippen LogP) is 3.19. The van der Waals surface area contributed by atoms with E-state index in [-0.39, 0.29) is 22.9 Å². The fraction of sp³-hybridized carbons (Fsp3) is 0.600. The zero-order valence-electron chi connectivity index (χ0n) is 16.5. The Morgan fingerprint density at radius 3 is 2.76 bits per heavy atom. The molecule has 1 aliphatic carbocycles. The molecule has 0 unspecified atom stereocenters. The largest absolute Gasteiger partial charge is 0.475 e. The molecule has 0 bridgehead atoms. The summed E-state index contributed by atoms with van der Waals surface area (Å²) in [5.74, 6) is -1.55. The van der Waals surface area contributed by atoms with E-state index < -0.39 is 5.97 Å². The molecule has 1 amide bonds. The highest BCUT2D eigenvalue weighted by Gasteiger charge is 2.40. The van der Waals surface area contributed by atoms with Crippen molar-refractivity contribution in [3.05, 3.63) is 26.6 Å². The molecule has 156 valence electrons. The van der Waals surface area contributed by atoms with E-state index in [2.05, 4.69) is 16.9 Å². The Bertz CT molecular complexity index is 1000. The van der Waals surface area contributed by atoms with Crippen LogP contribution in [0.4, 0.5) is 4.79 Å². The highest BCUT2D eigenvalue weighted by molar-refractivity contribution is 7.18. The van der Waals surface area contributed by atoms with Gasteiger partial charge in [0, 0.05) is 18.0 Å². The monoisotopic (exact) mass is 419 g/mol. The number of aromatic amines is 1. The Hall–Kier alpha value is -2.42. The number of hydrogen-bond donors (Lipinski definition) is 2. The number of thiophene rings is 1. The van der Waals surface area contributed by atoms with E-state index in [1.165, 1.54) is 11.3 Å². The Morgan fingerprint density at radius 2 is 2.07 bits per heavy atom. The second-order valence-electron chi connectivity index (χ2n) is 8.04. The normalized spacial score (nSPS) is 18.0. The van der Waals surface area contributed by atoms with Gasteiger partial charge in [-0.1, -0.05) is 13.3 Å². The number of aromatic nitrogens is 2. The van der Waals surface area contributed by atoms with E-state index in [0.717, 1.165) is 55.4 Å². The Balaban J connectivity index is 1.49. The van der Waals surface area contributed by atoms with Gasteiger partial charge in [0.15, 0.2) is 0 Å². The lowest BCUT2D eigenvalue weighted by Crippen LogP contribution is -2.45. The molecule has 0 atom stereocenters. The zero-order valence-corrected chi connectivity index (χ0v) is 17.3. The van der Waals surface area contributed by atoms with Crippen LogP contribution >= 0.6 is 11.3 Å². The number of aromatic carboxylic acids is 1. The average molecular weight is 420 g/mol. The first-order chi connectivity index (χ1) is 13.9. The quantitative estimate of drug-likeness (QED) is 0.736. The minimum atomic E-state index is -1.23. The van der Waals surface area contributed by atoms with Crippen LogP contribution in [0.5, 0.6) is 0 Å². The number of carboxylic acids is 1. The van der Waals surface area contributed by atoms with Crippen molar-refractivity contribution in [3.8, 4) is 0 Å². The molecular formula is C20H25N3O5S. The first-order valence-corrected chi connectivity index (χ1v) is 10.9. The molecule has 3 heterocycles. The number of ether oxygens (including phenoxy) is 1. The molecule has 0 aromatic carbocycles. The molecule has 2 aromatic rings. The molecule has 29 heavy (non-hydrogen) atoms. The molecule has 1 fully saturated rings. The molecule has 8 nitrogen and oxygen atoms in total. The van der Waals surface area contributed by atoms with Crippen molar-refractivity contribution >= 4 is 33.6 Å². The van der Waals surface area contributed by atoms with Crippen LogP contribution in [0.2, 0.25) is 0 Å². The highest BCUT2D eigenvalue weighted by atomic mass is 32.1. The van der Waals surface area contributed by atoms with Gasteiger partial charge in [-0.15, -0.1) is 11.3 Å². The minimum Gasteiger partial charge on any atom is -0.475 e. The molecule has 0 saturated carbocycles. The molecule has 1 saturated heterocycles. The van der Waals surface area contributed by atoms with Crippen molar-refractivity contribution in [2.75, 3.05) is 19.7 Å². The van der Waals surface area contributed by atoms with Crippen molar-refractivity contribution in [1.29, 1.82) is 0 Å². The molecule has 2 N–H and O–H groups in total. The number of unbranched alkanes of at least 4 members (excludes halogenated alkanes) is 1. The molecule has 1 spiro atoms. The topological polar surface area (TPSA) is 113 Å². The first kappa shape index (κ1) is 19.9. The molecule has 2 aromatic heterocycles. The number of H-pyrrole nitrogens is 1. The van der Waals surface area contributed by atoms with Crippen LogP contribution in [0.3, 0.4) is 0 Å². The van der Waals surface area contributed by atoms with E-state index in [9.17, 15) is 14.4 Å². The summed E-state index contributed by atoms with van der Waals surface area (Å²) < 4.78 is 5.33. The van der Waals surface area contributed by atoms with Crippen molar-refractivity contribution in [3.63, 3.8) is 0 Å². The molecular weight excluding hydrogens is 394 g/mol. The Kier molecular flexibility index (Phi) is 5.33. The Morgan fingerprint density at radius 1 is 1.31 bits per heavy atom. The summed E-state index contributed by atoms with van der Waals surface area (Å²) in [5, 5.41) is 9.68. The third kappa shape index (κ3) is 3.75. The van der Waals surface area contributed by atoms with Gasteiger partial charge in [0.1, 0.15) is 4.83 Å². The number of rotatable bonds is 4. The average Bonchev–Trinajstić information content (AvgIpc) is 3.06. The smallest absolute Gasteiger partial charge is 0.409 e. The van der Waals surface area contributed by atoms with Gasteiger partial charge in [-0.2, -0.15) is 0 Å². The van der Waals surface area contributed by atoms with Crippen molar-refractivity contribution in [1.82, 2.24) is 14.9 Å². The van der Waals surface area contributed by atoms with Crippen LogP contribution in [0.25, 0.3) is 10.2 Å². The van der Waals surface area contributed by atoms with Crippen LogP contribution in [0.1, 0.15) is 60.1 Å². The van der Waals surface area contributed by atoms with Gasteiger partial charge in [-0.3, -0.25) is 4.79 Å². The van der Waals surface area contributed by atoms with Gasteiger partial charge in [0.05, 0.1) is 12.0 Å². The molecule has 4 rings (SSSR count). The van der Waals surface area contributed by atoms with E-state index in [4.69, 9.17) is 9.84 Å². The van der Waals surface area contributed by atoms with Crippen LogP contribution in [0, 0.1) is 5.41 Å². The molecule has 0 radical (unpaired) electrons. The lowest BCUT2D eigenvalue weighted by atomic mass is 9.68. The molecule has 9 heteroatoms. The number of aryl methyl sites for hydroxylation is 1. The van der Waals surface area contributed by atoms with Crippen molar-refractivity contribution < 1.29 is 19.4 Å². The second kappa shape index (κ2) is 7.78. The number of carbonyl (C=O) groups excluding carboxylic acids is 1. The maximum atomic E-state index is 12.4. The van der Waals surface area contributed by atoms with Gasteiger partial charge in [-0.25, -0.2) is 14.6 Å². The third-order valence-electron chi connectivity index (χ3n) is 6.19. The van der Waals surface area contributed by atoms with Crippen molar-refractivity contribution in [2.45, 2.75) is 51.9 Å². The fourth-order valence-corrected chi connectivity index (χ4v) is 5.82. The summed E-state index contributed by atoms with van der Waals surface area (Å²) in [7, 11) is 0. The molecule has 2 aliphatic rings. The van der Waals surface area contributed by atoms with E-state index in [1.807, 2.05) is 0 Å². The standard InChI is InChI=1S/C20H25N3O5S/c1-2-3-10-28-19(27)23-8-6-20(7-9-23)5-4-12-13(11-20)29-17-14(12)16(24)21-15(22-17)18(25)26/h2-11H2,1H3,(H,25,26)(H,21,22,24). The number of fused-ring (bicyclic) bond motifs is 3. The van der Waals surface area contributed by atoms with Crippen LogP contribution in [0.15, 0.2) is 4.79 Å². The van der Waals surface area contributed by atoms with Gasteiger partial charge >= 0.3 is 12.1 Å². The van der Waals surface area contributed by atoms with Gasteiger partial charge in [0.2, 0.25) is 5.82 Å². The number of nitrogens with one attached hydrogen (secondary N) is 1. The van der Waals surface area contributed by atoms with Gasteiger partial charge < -0.3 is 19.7 Å². The molecule has 1 aliphatic heterocycles. The lowest BCUT2D eigenvalue weighted by Gasteiger charge is -2.43. The van der Waals surface area contributed by atoms with Gasteiger partial charge in [0.25, 0.3) is 5.56 Å². The number of carbonyl (C=O) groups is 2. The van der Waals surface area contributed by atoms with E-state index in [0.29, 0.717) is 29.9 Å². The summed E-state index contributed by atoms with van der Waals surface area (Å²) in [5.41, 5.74) is 0.768. The summed E-state index contributed by atoms with van der Waals surface area (Å²) in [4.78, 5) is 45.7. The van der Waals surface area contributed by atoms with E-state index >= 15 is 0 Å².